The van der Waals surface area contributed by atoms with E-state index in [0.29, 0.717) is 0 Å². The predicted octanol–water partition coefficient (Wildman–Crippen LogP) is 13.8. The summed E-state index contributed by atoms with van der Waals surface area (Å²) in [6.45, 7) is 4.70. The molecule has 8 aromatic carbocycles. The van der Waals surface area contributed by atoms with E-state index in [1.807, 2.05) is 6.07 Å². The van der Waals surface area contributed by atoms with Crippen LogP contribution in [0.15, 0.2) is 180 Å². The van der Waals surface area contributed by atoms with Gasteiger partial charge in [0, 0.05) is 21.9 Å². The van der Waals surface area contributed by atoms with Gasteiger partial charge < -0.3 is 9.32 Å². The Bertz CT molecular complexity index is 2780. The number of hydrogen-bond acceptors (Lipinski definition) is 2. The van der Waals surface area contributed by atoms with E-state index in [1.54, 1.807) is 0 Å². The fourth-order valence-electron chi connectivity index (χ4n) is 8.57. The average molecular weight is 654 g/mol. The summed E-state index contributed by atoms with van der Waals surface area (Å²) in [5, 5.41) is 4.68. The van der Waals surface area contributed by atoms with Gasteiger partial charge in [-0.1, -0.05) is 159 Å². The van der Waals surface area contributed by atoms with Gasteiger partial charge in [0.15, 0.2) is 0 Å². The van der Waals surface area contributed by atoms with Gasteiger partial charge in [-0.2, -0.15) is 0 Å². The predicted molar refractivity (Wildman–Crippen MR) is 214 cm³/mol. The number of rotatable bonds is 5. The summed E-state index contributed by atoms with van der Waals surface area (Å²) in [5.41, 5.74) is 15.0. The van der Waals surface area contributed by atoms with Gasteiger partial charge in [-0.3, -0.25) is 0 Å². The van der Waals surface area contributed by atoms with E-state index in [9.17, 15) is 0 Å². The van der Waals surface area contributed by atoms with E-state index in [1.165, 1.54) is 55.3 Å². The van der Waals surface area contributed by atoms with Crippen molar-refractivity contribution in [3.63, 3.8) is 0 Å². The minimum absolute atomic E-state index is 0.137. The summed E-state index contributed by atoms with van der Waals surface area (Å²) in [7, 11) is 0. The summed E-state index contributed by atoms with van der Waals surface area (Å²) in [5.74, 6) is 0. The van der Waals surface area contributed by atoms with E-state index < -0.39 is 0 Å². The van der Waals surface area contributed by atoms with Crippen LogP contribution in [0.25, 0.3) is 66.1 Å². The summed E-state index contributed by atoms with van der Waals surface area (Å²) in [6, 6.07) is 63.7. The SMILES string of the molecule is CC1(C)c2ccccc2-c2c(N(c3ccccc3-c3cccc4cccc(-c5ccccc5)c34)c3cccc4oc5ccccc5c34)cccc21. The number of anilines is 3. The van der Waals surface area contributed by atoms with Crippen LogP contribution in [0, 0.1) is 0 Å². The molecule has 1 aromatic heterocycles. The Morgan fingerprint density at radius 2 is 1.00 bits per heavy atom. The molecule has 0 unspecified atom stereocenters. The molecule has 0 amide bonds. The molecule has 2 heteroatoms. The van der Waals surface area contributed by atoms with Crippen LogP contribution in [0.5, 0.6) is 0 Å². The van der Waals surface area contributed by atoms with Crippen molar-refractivity contribution in [2.45, 2.75) is 19.3 Å². The molecule has 0 aliphatic heterocycles. The number of furan rings is 1. The summed E-state index contributed by atoms with van der Waals surface area (Å²) in [6.07, 6.45) is 0. The first kappa shape index (κ1) is 29.5. The van der Waals surface area contributed by atoms with Gasteiger partial charge in [-0.15, -0.1) is 0 Å². The van der Waals surface area contributed by atoms with Crippen molar-refractivity contribution in [3.8, 4) is 33.4 Å². The van der Waals surface area contributed by atoms with Crippen molar-refractivity contribution in [1.82, 2.24) is 0 Å². The molecular weight excluding hydrogens is 619 g/mol. The number of fused-ring (bicyclic) bond motifs is 7. The largest absolute Gasteiger partial charge is 0.456 e. The Hall–Kier alpha value is -6.38. The standard InChI is InChI=1S/C49H35NO/c1-49(2)39-25-9-6-21-37(39)47-40(49)26-14-28-42(47)50(43-29-15-31-45-48(43)38-22-8-11-30-44(38)51-45)41-27-10-7-20-35(41)36-24-13-19-33-18-12-23-34(46(33)36)32-16-4-3-5-17-32/h3-31H,1-2H3. The molecule has 0 saturated heterocycles. The van der Waals surface area contributed by atoms with Crippen LogP contribution in [-0.2, 0) is 5.41 Å². The maximum Gasteiger partial charge on any atom is 0.137 e. The van der Waals surface area contributed by atoms with Crippen LogP contribution in [0.1, 0.15) is 25.0 Å². The Morgan fingerprint density at radius 3 is 1.86 bits per heavy atom. The summed E-state index contributed by atoms with van der Waals surface area (Å²) < 4.78 is 6.51. The van der Waals surface area contributed by atoms with Crippen molar-refractivity contribution in [1.29, 1.82) is 0 Å². The number of benzene rings is 8. The van der Waals surface area contributed by atoms with E-state index in [4.69, 9.17) is 4.42 Å². The van der Waals surface area contributed by atoms with Gasteiger partial charge >= 0.3 is 0 Å². The second-order valence-electron chi connectivity index (χ2n) is 14.0. The number of hydrogen-bond donors (Lipinski definition) is 0. The molecule has 0 radical (unpaired) electrons. The Balaban J connectivity index is 1.33. The highest BCUT2D eigenvalue weighted by Crippen LogP contribution is 2.56. The third-order valence-electron chi connectivity index (χ3n) is 10.9. The van der Waals surface area contributed by atoms with E-state index in [2.05, 4.69) is 189 Å². The first-order valence-corrected chi connectivity index (χ1v) is 17.7. The molecule has 9 aromatic rings. The zero-order valence-corrected chi connectivity index (χ0v) is 28.6. The number of para-hydroxylation sites is 2. The summed E-state index contributed by atoms with van der Waals surface area (Å²) >= 11 is 0. The smallest absolute Gasteiger partial charge is 0.137 e. The quantitative estimate of drug-likeness (QED) is 0.184. The van der Waals surface area contributed by atoms with Crippen LogP contribution in [0.2, 0.25) is 0 Å². The van der Waals surface area contributed by atoms with Gasteiger partial charge in [0.1, 0.15) is 11.2 Å². The van der Waals surface area contributed by atoms with Crippen molar-refractivity contribution in [2.75, 3.05) is 4.90 Å². The molecule has 1 heterocycles. The zero-order valence-electron chi connectivity index (χ0n) is 28.6. The third kappa shape index (κ3) is 4.43. The normalized spacial score (nSPS) is 13.1. The van der Waals surface area contributed by atoms with E-state index >= 15 is 0 Å². The van der Waals surface area contributed by atoms with Crippen LogP contribution in [-0.4, -0.2) is 0 Å². The van der Waals surface area contributed by atoms with Crippen molar-refractivity contribution in [3.05, 3.63) is 187 Å². The highest BCUT2D eigenvalue weighted by molar-refractivity contribution is 6.16. The van der Waals surface area contributed by atoms with Crippen LogP contribution < -0.4 is 4.90 Å². The van der Waals surface area contributed by atoms with Crippen LogP contribution in [0.4, 0.5) is 17.1 Å². The fraction of sp³-hybridized carbons (Fsp3) is 0.0612. The molecule has 1 aliphatic carbocycles. The van der Waals surface area contributed by atoms with Gasteiger partial charge in [-0.25, -0.2) is 0 Å². The molecule has 0 N–H and O–H groups in total. The topological polar surface area (TPSA) is 16.4 Å². The highest BCUT2D eigenvalue weighted by atomic mass is 16.3. The molecule has 0 fully saturated rings. The van der Waals surface area contributed by atoms with Gasteiger partial charge in [0.2, 0.25) is 0 Å². The minimum atomic E-state index is -0.137. The Morgan fingerprint density at radius 1 is 0.412 bits per heavy atom. The lowest BCUT2D eigenvalue weighted by atomic mass is 9.82. The lowest BCUT2D eigenvalue weighted by Crippen LogP contribution is -2.16. The van der Waals surface area contributed by atoms with Crippen molar-refractivity contribution >= 4 is 49.8 Å². The molecule has 51 heavy (non-hydrogen) atoms. The first-order chi connectivity index (χ1) is 25.1. The second kappa shape index (κ2) is 11.3. The van der Waals surface area contributed by atoms with Crippen LogP contribution in [0.3, 0.4) is 0 Å². The molecular formula is C49H35NO. The summed E-state index contributed by atoms with van der Waals surface area (Å²) in [4.78, 5) is 2.50. The Kier molecular flexibility index (Phi) is 6.56. The molecule has 242 valence electrons. The van der Waals surface area contributed by atoms with Gasteiger partial charge in [0.05, 0.1) is 22.4 Å². The maximum absolute atomic E-state index is 6.51. The first-order valence-electron chi connectivity index (χ1n) is 17.7. The van der Waals surface area contributed by atoms with Gasteiger partial charge in [0.25, 0.3) is 0 Å². The Labute approximate surface area is 297 Å². The molecule has 1 aliphatic rings. The fourth-order valence-corrected chi connectivity index (χ4v) is 8.57. The van der Waals surface area contributed by atoms with Crippen LogP contribution >= 0.6 is 0 Å². The van der Waals surface area contributed by atoms with Gasteiger partial charge in [-0.05, 0) is 74.5 Å². The molecule has 0 bridgehead atoms. The number of nitrogens with zero attached hydrogens (tertiary/aromatic N) is 1. The molecule has 10 rings (SSSR count). The van der Waals surface area contributed by atoms with Crippen molar-refractivity contribution in [2.24, 2.45) is 0 Å². The zero-order chi connectivity index (χ0) is 34.1. The maximum atomic E-state index is 6.51. The van der Waals surface area contributed by atoms with E-state index in [0.717, 1.165) is 39.0 Å². The molecule has 0 atom stereocenters. The molecule has 2 nitrogen and oxygen atoms in total. The monoisotopic (exact) mass is 653 g/mol. The third-order valence-corrected chi connectivity index (χ3v) is 10.9. The molecule has 0 spiro atoms. The lowest BCUT2D eigenvalue weighted by molar-refractivity contribution is 0.660. The lowest BCUT2D eigenvalue weighted by Gasteiger charge is -2.31. The minimum Gasteiger partial charge on any atom is -0.456 e. The average Bonchev–Trinajstić information content (AvgIpc) is 3.68. The molecule has 0 saturated carbocycles. The van der Waals surface area contributed by atoms with E-state index in [-0.39, 0.29) is 5.41 Å². The highest BCUT2D eigenvalue weighted by Gasteiger charge is 2.38. The second-order valence-corrected chi connectivity index (χ2v) is 14.0. The van der Waals surface area contributed by atoms with Crippen molar-refractivity contribution < 1.29 is 4.42 Å².